The zero-order valence-electron chi connectivity index (χ0n) is 21.3. The fraction of sp³-hybridized carbons (Fsp3) is 0.552. The van der Waals surface area contributed by atoms with Crippen LogP contribution < -0.4 is 9.47 Å². The Hall–Kier alpha value is -2.57. The fourth-order valence-corrected chi connectivity index (χ4v) is 5.05. The summed E-state index contributed by atoms with van der Waals surface area (Å²) in [5.74, 6) is 2.00. The summed E-state index contributed by atoms with van der Waals surface area (Å²) in [7, 11) is 0. The molecule has 190 valence electrons. The molecule has 0 saturated carbocycles. The molecule has 35 heavy (non-hydrogen) atoms. The number of aryl methyl sites for hydroxylation is 2. The van der Waals surface area contributed by atoms with E-state index in [2.05, 4.69) is 30.0 Å². The van der Waals surface area contributed by atoms with Crippen LogP contribution in [0.3, 0.4) is 0 Å². The molecule has 2 aromatic rings. The molecule has 2 heterocycles. The van der Waals surface area contributed by atoms with Crippen molar-refractivity contribution in [1.82, 2.24) is 9.80 Å². The third kappa shape index (κ3) is 7.45. The molecule has 1 N–H and O–H groups in total. The molecule has 1 amide bonds. The first-order valence-electron chi connectivity index (χ1n) is 13.0. The van der Waals surface area contributed by atoms with E-state index in [1.54, 1.807) is 0 Å². The largest absolute Gasteiger partial charge is 0.494 e. The Morgan fingerprint density at radius 3 is 2.54 bits per heavy atom. The van der Waals surface area contributed by atoms with Gasteiger partial charge in [0.1, 0.15) is 18.1 Å². The van der Waals surface area contributed by atoms with Gasteiger partial charge in [-0.1, -0.05) is 29.8 Å². The zero-order valence-corrected chi connectivity index (χ0v) is 21.3. The number of rotatable bonds is 10. The topological polar surface area (TPSA) is 62.2 Å². The molecule has 0 bridgehead atoms. The molecule has 4 rings (SSSR count). The van der Waals surface area contributed by atoms with E-state index in [0.29, 0.717) is 26.1 Å². The SMILES string of the molecule is Cc1ccc(OC[C@@]2(O)CCCN(Cc3ccc(OCCCN4CCCC4=O)cc3)CC2)c(C)c1. The van der Waals surface area contributed by atoms with Gasteiger partial charge in [-0.2, -0.15) is 0 Å². The van der Waals surface area contributed by atoms with E-state index in [1.807, 2.05) is 36.1 Å². The first kappa shape index (κ1) is 25.5. The summed E-state index contributed by atoms with van der Waals surface area (Å²) in [6.07, 6.45) is 4.95. The molecule has 0 aliphatic carbocycles. The number of benzene rings is 2. The van der Waals surface area contributed by atoms with Crippen molar-refractivity contribution in [3.05, 3.63) is 59.2 Å². The normalized spacial score (nSPS) is 21.2. The minimum absolute atomic E-state index is 0.273. The van der Waals surface area contributed by atoms with Crippen molar-refractivity contribution in [2.24, 2.45) is 0 Å². The van der Waals surface area contributed by atoms with Gasteiger partial charge in [0.25, 0.3) is 0 Å². The van der Waals surface area contributed by atoms with E-state index >= 15 is 0 Å². The second-order valence-electron chi connectivity index (χ2n) is 10.2. The van der Waals surface area contributed by atoms with Crippen molar-refractivity contribution in [2.45, 2.75) is 64.5 Å². The second kappa shape index (κ2) is 11.9. The predicted octanol–water partition coefficient (Wildman–Crippen LogP) is 4.49. The van der Waals surface area contributed by atoms with Crippen LogP contribution in [0.4, 0.5) is 0 Å². The van der Waals surface area contributed by atoms with Gasteiger partial charge >= 0.3 is 0 Å². The molecule has 0 aromatic heterocycles. The van der Waals surface area contributed by atoms with Crippen LogP contribution in [0.2, 0.25) is 0 Å². The molecule has 2 fully saturated rings. The van der Waals surface area contributed by atoms with Crippen molar-refractivity contribution in [1.29, 1.82) is 0 Å². The van der Waals surface area contributed by atoms with E-state index in [9.17, 15) is 9.90 Å². The summed E-state index contributed by atoms with van der Waals surface area (Å²) in [5, 5.41) is 11.2. The van der Waals surface area contributed by atoms with Crippen LogP contribution in [-0.2, 0) is 11.3 Å². The fourth-order valence-electron chi connectivity index (χ4n) is 5.05. The van der Waals surface area contributed by atoms with Crippen molar-refractivity contribution in [2.75, 3.05) is 39.4 Å². The quantitative estimate of drug-likeness (QED) is 0.508. The molecule has 0 radical (unpaired) electrons. The van der Waals surface area contributed by atoms with Crippen LogP contribution in [0.25, 0.3) is 0 Å². The number of nitrogens with zero attached hydrogens (tertiary/aromatic N) is 2. The molecule has 0 unspecified atom stereocenters. The van der Waals surface area contributed by atoms with Crippen LogP contribution in [0.15, 0.2) is 42.5 Å². The van der Waals surface area contributed by atoms with Gasteiger partial charge in [-0.15, -0.1) is 0 Å². The van der Waals surface area contributed by atoms with Crippen LogP contribution in [0, 0.1) is 13.8 Å². The number of likely N-dealkylation sites (tertiary alicyclic amines) is 2. The van der Waals surface area contributed by atoms with Gasteiger partial charge in [-0.05, 0) is 81.8 Å². The third-order valence-corrected chi connectivity index (χ3v) is 7.18. The number of carbonyl (C=O) groups excluding carboxylic acids is 1. The average Bonchev–Trinajstić information content (AvgIpc) is 3.15. The highest BCUT2D eigenvalue weighted by Crippen LogP contribution is 2.27. The summed E-state index contributed by atoms with van der Waals surface area (Å²) in [5.41, 5.74) is 2.78. The van der Waals surface area contributed by atoms with Gasteiger partial charge in [-0.3, -0.25) is 9.69 Å². The Balaban J connectivity index is 1.19. The van der Waals surface area contributed by atoms with E-state index in [-0.39, 0.29) is 5.91 Å². The van der Waals surface area contributed by atoms with Crippen molar-refractivity contribution >= 4 is 5.91 Å². The monoisotopic (exact) mass is 480 g/mol. The second-order valence-corrected chi connectivity index (χ2v) is 10.2. The van der Waals surface area contributed by atoms with E-state index in [4.69, 9.17) is 9.47 Å². The Morgan fingerprint density at radius 2 is 1.80 bits per heavy atom. The number of aliphatic hydroxyl groups is 1. The molecule has 2 aromatic carbocycles. The third-order valence-electron chi connectivity index (χ3n) is 7.18. The molecule has 2 aliphatic rings. The first-order valence-corrected chi connectivity index (χ1v) is 13.0. The van der Waals surface area contributed by atoms with Crippen LogP contribution in [-0.4, -0.2) is 65.8 Å². The van der Waals surface area contributed by atoms with Gasteiger partial charge in [0.15, 0.2) is 0 Å². The lowest BCUT2D eigenvalue weighted by Gasteiger charge is -2.27. The summed E-state index contributed by atoms with van der Waals surface area (Å²) in [4.78, 5) is 16.0. The van der Waals surface area contributed by atoms with Crippen molar-refractivity contribution in [3.8, 4) is 11.5 Å². The van der Waals surface area contributed by atoms with Crippen LogP contribution in [0.5, 0.6) is 11.5 Å². The Labute approximate surface area is 209 Å². The first-order chi connectivity index (χ1) is 16.9. The summed E-state index contributed by atoms with van der Waals surface area (Å²) in [6, 6.07) is 14.5. The smallest absolute Gasteiger partial charge is 0.222 e. The molecule has 0 spiro atoms. The molecule has 2 aliphatic heterocycles. The molecular weight excluding hydrogens is 440 g/mol. The van der Waals surface area contributed by atoms with Gasteiger partial charge in [0.2, 0.25) is 5.91 Å². The van der Waals surface area contributed by atoms with E-state index in [0.717, 1.165) is 75.5 Å². The number of ether oxygens (including phenoxy) is 2. The van der Waals surface area contributed by atoms with Gasteiger partial charge in [0.05, 0.1) is 12.2 Å². The standard InChI is InChI=1S/C29H40N2O4/c1-23-7-12-27(24(2)20-23)35-22-29(33)13-4-15-30(18-14-29)21-25-8-10-26(11-9-25)34-19-5-17-31-16-3-6-28(31)32/h7-12,20,33H,3-6,13-19,21-22H2,1-2H3/t29-/m1/s1. The predicted molar refractivity (Wildman–Crippen MR) is 138 cm³/mol. The summed E-state index contributed by atoms with van der Waals surface area (Å²) < 4.78 is 11.9. The highest BCUT2D eigenvalue weighted by molar-refractivity contribution is 5.77. The summed E-state index contributed by atoms with van der Waals surface area (Å²) >= 11 is 0. The van der Waals surface area contributed by atoms with E-state index < -0.39 is 5.60 Å². The maximum absolute atomic E-state index is 11.7. The summed E-state index contributed by atoms with van der Waals surface area (Å²) in [6.45, 7) is 9.44. The highest BCUT2D eigenvalue weighted by atomic mass is 16.5. The number of amides is 1. The molecule has 2 saturated heterocycles. The lowest BCUT2D eigenvalue weighted by Crippen LogP contribution is -2.37. The molecule has 6 nitrogen and oxygen atoms in total. The number of carbonyl (C=O) groups is 1. The number of hydrogen-bond donors (Lipinski definition) is 1. The Bertz CT molecular complexity index is 977. The minimum atomic E-state index is -0.788. The Kier molecular flexibility index (Phi) is 8.69. The van der Waals surface area contributed by atoms with Crippen molar-refractivity contribution in [3.63, 3.8) is 0 Å². The maximum atomic E-state index is 11.7. The van der Waals surface area contributed by atoms with E-state index in [1.165, 1.54) is 11.1 Å². The van der Waals surface area contributed by atoms with Crippen LogP contribution in [0.1, 0.15) is 55.2 Å². The Morgan fingerprint density at radius 1 is 0.971 bits per heavy atom. The molecule has 1 atom stereocenters. The van der Waals surface area contributed by atoms with Crippen molar-refractivity contribution < 1.29 is 19.4 Å². The van der Waals surface area contributed by atoms with Crippen LogP contribution >= 0.6 is 0 Å². The van der Waals surface area contributed by atoms with Gasteiger partial charge < -0.3 is 19.5 Å². The van der Waals surface area contributed by atoms with Gasteiger partial charge in [0, 0.05) is 32.6 Å². The molecule has 6 heteroatoms. The van der Waals surface area contributed by atoms with Gasteiger partial charge in [-0.25, -0.2) is 0 Å². The highest BCUT2D eigenvalue weighted by Gasteiger charge is 2.31. The molecular formula is C29H40N2O4. The minimum Gasteiger partial charge on any atom is -0.494 e. The zero-order chi connectivity index (χ0) is 24.7. The lowest BCUT2D eigenvalue weighted by molar-refractivity contribution is -0.127. The number of hydrogen-bond acceptors (Lipinski definition) is 5. The maximum Gasteiger partial charge on any atom is 0.222 e. The lowest BCUT2D eigenvalue weighted by atomic mass is 9.96. The average molecular weight is 481 g/mol.